The van der Waals surface area contributed by atoms with E-state index in [1.807, 2.05) is 6.07 Å². The first-order valence-electron chi connectivity index (χ1n) is 5.91. The Balaban J connectivity index is 2.16. The van der Waals surface area contributed by atoms with E-state index in [4.69, 9.17) is 10.5 Å². The molecule has 1 fully saturated rings. The highest BCUT2D eigenvalue weighted by Gasteiger charge is 2.24. The Labute approximate surface area is 101 Å². The summed E-state index contributed by atoms with van der Waals surface area (Å²) in [6, 6.07) is 3.24. The van der Waals surface area contributed by atoms with Crippen LogP contribution in [0.25, 0.3) is 0 Å². The Kier molecular flexibility index (Phi) is 3.52. The molecule has 2 N–H and O–H groups in total. The van der Waals surface area contributed by atoms with Crippen LogP contribution in [0, 0.1) is 18.7 Å². The lowest BCUT2D eigenvalue weighted by Crippen LogP contribution is -2.22. The van der Waals surface area contributed by atoms with Crippen molar-refractivity contribution in [1.29, 1.82) is 0 Å². The Bertz CT molecular complexity index is 409. The van der Waals surface area contributed by atoms with E-state index in [1.165, 1.54) is 6.07 Å². The molecule has 17 heavy (non-hydrogen) atoms. The Morgan fingerprint density at radius 2 is 2.29 bits per heavy atom. The number of nitrogen functional groups attached to an aromatic ring is 1. The number of anilines is 2. The molecule has 94 valence electrons. The van der Waals surface area contributed by atoms with Gasteiger partial charge in [0.25, 0.3) is 0 Å². The van der Waals surface area contributed by atoms with Gasteiger partial charge in [-0.15, -0.1) is 0 Å². The van der Waals surface area contributed by atoms with Crippen molar-refractivity contribution in [3.8, 4) is 0 Å². The number of halogens is 1. The summed E-state index contributed by atoms with van der Waals surface area (Å²) in [5.74, 6) is 0.309. The molecule has 1 aliphatic rings. The molecular formula is C13H19FN2O. The molecule has 0 bridgehead atoms. The second-order valence-electron chi connectivity index (χ2n) is 4.72. The zero-order valence-corrected chi connectivity index (χ0v) is 10.4. The van der Waals surface area contributed by atoms with Crippen molar-refractivity contribution in [3.63, 3.8) is 0 Å². The van der Waals surface area contributed by atoms with Gasteiger partial charge in [-0.3, -0.25) is 0 Å². The highest BCUT2D eigenvalue weighted by Crippen LogP contribution is 2.30. The fourth-order valence-electron chi connectivity index (χ4n) is 2.38. The molecule has 1 unspecified atom stereocenters. The molecule has 1 aliphatic heterocycles. The molecule has 0 aromatic heterocycles. The predicted octanol–water partition coefficient (Wildman–Crippen LogP) is 2.19. The van der Waals surface area contributed by atoms with Gasteiger partial charge in [0.1, 0.15) is 5.82 Å². The van der Waals surface area contributed by atoms with Crippen molar-refractivity contribution in [3.05, 3.63) is 23.5 Å². The first-order chi connectivity index (χ1) is 8.11. The first-order valence-corrected chi connectivity index (χ1v) is 5.91. The summed E-state index contributed by atoms with van der Waals surface area (Å²) < 4.78 is 18.5. The summed E-state index contributed by atoms with van der Waals surface area (Å²) in [5, 5.41) is 0. The van der Waals surface area contributed by atoms with Crippen LogP contribution in [0.3, 0.4) is 0 Å². The van der Waals surface area contributed by atoms with E-state index in [-0.39, 0.29) is 5.82 Å². The van der Waals surface area contributed by atoms with Crippen molar-refractivity contribution in [2.45, 2.75) is 13.3 Å². The maximum atomic E-state index is 13.3. The van der Waals surface area contributed by atoms with Gasteiger partial charge in [0.15, 0.2) is 0 Å². The van der Waals surface area contributed by atoms with Gasteiger partial charge in [-0.2, -0.15) is 0 Å². The van der Waals surface area contributed by atoms with Crippen LogP contribution in [0.1, 0.15) is 12.0 Å². The molecule has 3 nitrogen and oxygen atoms in total. The molecule has 0 radical (unpaired) electrons. The van der Waals surface area contributed by atoms with E-state index < -0.39 is 0 Å². The van der Waals surface area contributed by atoms with Crippen molar-refractivity contribution < 1.29 is 9.13 Å². The molecule has 1 aromatic carbocycles. The summed E-state index contributed by atoms with van der Waals surface area (Å²) in [7, 11) is 1.72. The second-order valence-corrected chi connectivity index (χ2v) is 4.72. The van der Waals surface area contributed by atoms with Gasteiger partial charge in [0, 0.05) is 26.1 Å². The van der Waals surface area contributed by atoms with Crippen LogP contribution in [-0.4, -0.2) is 26.8 Å². The topological polar surface area (TPSA) is 38.5 Å². The van der Waals surface area contributed by atoms with Crippen LogP contribution in [0.15, 0.2) is 12.1 Å². The van der Waals surface area contributed by atoms with Crippen LogP contribution >= 0.6 is 0 Å². The Morgan fingerprint density at radius 1 is 1.53 bits per heavy atom. The van der Waals surface area contributed by atoms with Crippen molar-refractivity contribution in [2.24, 2.45) is 5.92 Å². The number of hydrogen-bond acceptors (Lipinski definition) is 3. The van der Waals surface area contributed by atoms with Crippen LogP contribution < -0.4 is 10.6 Å². The third-order valence-corrected chi connectivity index (χ3v) is 3.34. The summed E-state index contributed by atoms with van der Waals surface area (Å²) in [6.07, 6.45) is 1.10. The minimum Gasteiger partial charge on any atom is -0.397 e. The quantitative estimate of drug-likeness (QED) is 0.820. The monoisotopic (exact) mass is 238 g/mol. The van der Waals surface area contributed by atoms with E-state index in [0.29, 0.717) is 17.2 Å². The van der Waals surface area contributed by atoms with Crippen LogP contribution in [-0.2, 0) is 4.74 Å². The fraction of sp³-hybridized carbons (Fsp3) is 0.538. The third-order valence-electron chi connectivity index (χ3n) is 3.34. The van der Waals surface area contributed by atoms with Gasteiger partial charge in [-0.05, 0) is 31.0 Å². The molecule has 0 amide bonds. The molecule has 4 heteroatoms. The third kappa shape index (κ3) is 2.52. The average molecular weight is 238 g/mol. The van der Waals surface area contributed by atoms with Gasteiger partial charge in [-0.25, -0.2) is 4.39 Å². The van der Waals surface area contributed by atoms with Crippen molar-refractivity contribution >= 4 is 11.4 Å². The van der Waals surface area contributed by atoms with Gasteiger partial charge in [0.05, 0.1) is 18.0 Å². The van der Waals surface area contributed by atoms with Gasteiger partial charge < -0.3 is 15.4 Å². The zero-order valence-electron chi connectivity index (χ0n) is 10.4. The lowest BCUT2D eigenvalue weighted by molar-refractivity contribution is 0.161. The van der Waals surface area contributed by atoms with E-state index in [2.05, 4.69) is 4.90 Å². The summed E-state index contributed by atoms with van der Waals surface area (Å²) in [6.45, 7) is 4.43. The number of benzene rings is 1. The standard InChI is InChI=1S/C13H19FN2O/c1-9-5-13(12(15)6-11(9)14)16-4-3-10(7-16)8-17-2/h5-6,10H,3-4,7-8,15H2,1-2H3. The molecule has 0 saturated carbocycles. The van der Waals surface area contributed by atoms with Gasteiger partial charge in [0.2, 0.25) is 0 Å². The average Bonchev–Trinajstić information content (AvgIpc) is 2.72. The summed E-state index contributed by atoms with van der Waals surface area (Å²) in [4.78, 5) is 2.21. The van der Waals surface area contributed by atoms with Crippen LogP contribution in [0.2, 0.25) is 0 Å². The zero-order chi connectivity index (χ0) is 12.4. The number of hydrogen-bond donors (Lipinski definition) is 1. The number of methoxy groups -OCH3 is 1. The predicted molar refractivity (Wildman–Crippen MR) is 67.7 cm³/mol. The molecule has 2 rings (SSSR count). The Morgan fingerprint density at radius 3 is 3.00 bits per heavy atom. The highest BCUT2D eigenvalue weighted by molar-refractivity contribution is 5.69. The lowest BCUT2D eigenvalue weighted by atomic mass is 10.1. The number of rotatable bonds is 3. The van der Waals surface area contributed by atoms with E-state index in [1.54, 1.807) is 14.0 Å². The van der Waals surface area contributed by atoms with E-state index >= 15 is 0 Å². The van der Waals surface area contributed by atoms with Crippen LogP contribution in [0.5, 0.6) is 0 Å². The van der Waals surface area contributed by atoms with E-state index in [0.717, 1.165) is 31.8 Å². The largest absolute Gasteiger partial charge is 0.397 e. The Hall–Kier alpha value is -1.29. The molecule has 1 saturated heterocycles. The highest BCUT2D eigenvalue weighted by atomic mass is 19.1. The molecule has 1 atom stereocenters. The maximum Gasteiger partial charge on any atom is 0.128 e. The number of ether oxygens (including phenoxy) is 1. The lowest BCUT2D eigenvalue weighted by Gasteiger charge is -2.21. The van der Waals surface area contributed by atoms with Gasteiger partial charge in [-0.1, -0.05) is 0 Å². The molecule has 0 spiro atoms. The van der Waals surface area contributed by atoms with Crippen molar-refractivity contribution in [2.75, 3.05) is 37.4 Å². The molecule has 0 aliphatic carbocycles. The number of nitrogens with two attached hydrogens (primary N) is 1. The maximum absolute atomic E-state index is 13.3. The summed E-state index contributed by atoms with van der Waals surface area (Å²) >= 11 is 0. The molecule has 1 aromatic rings. The van der Waals surface area contributed by atoms with Crippen LogP contribution in [0.4, 0.5) is 15.8 Å². The van der Waals surface area contributed by atoms with Crippen molar-refractivity contribution in [1.82, 2.24) is 0 Å². The van der Waals surface area contributed by atoms with E-state index in [9.17, 15) is 4.39 Å². The number of aryl methyl sites for hydroxylation is 1. The fourth-order valence-corrected chi connectivity index (χ4v) is 2.38. The summed E-state index contributed by atoms with van der Waals surface area (Å²) in [5.41, 5.74) is 7.99. The number of nitrogens with zero attached hydrogens (tertiary/aromatic N) is 1. The minimum absolute atomic E-state index is 0.237. The molecular weight excluding hydrogens is 219 g/mol. The normalized spacial score (nSPS) is 19.9. The second kappa shape index (κ2) is 4.92. The molecule has 1 heterocycles. The smallest absolute Gasteiger partial charge is 0.128 e. The minimum atomic E-state index is -0.237. The first kappa shape index (κ1) is 12.2. The SMILES string of the molecule is COCC1CCN(c2cc(C)c(F)cc2N)C1. The van der Waals surface area contributed by atoms with Gasteiger partial charge >= 0.3 is 0 Å².